The molecule has 110 valence electrons. The summed E-state index contributed by atoms with van der Waals surface area (Å²) in [5, 5.41) is 0. The molecule has 1 aliphatic heterocycles. The molecule has 0 aliphatic carbocycles. The van der Waals surface area contributed by atoms with Crippen LogP contribution < -0.4 is 5.73 Å². The van der Waals surface area contributed by atoms with Crippen LogP contribution in [0.1, 0.15) is 33.1 Å². The Morgan fingerprint density at radius 3 is 2.53 bits per heavy atom. The van der Waals surface area contributed by atoms with Gasteiger partial charge in [0.1, 0.15) is 0 Å². The highest BCUT2D eigenvalue weighted by atomic mass is 16.2. The highest BCUT2D eigenvalue weighted by molar-refractivity contribution is 5.78. The molecule has 0 radical (unpaired) electrons. The van der Waals surface area contributed by atoms with E-state index in [-0.39, 0.29) is 5.91 Å². The quantitative estimate of drug-likeness (QED) is 0.711. The Kier molecular flexibility index (Phi) is 7.10. The number of likely N-dealkylation sites (tertiary alicyclic amines) is 1. The van der Waals surface area contributed by atoms with E-state index in [9.17, 15) is 4.79 Å². The first-order valence-electron chi connectivity index (χ1n) is 7.41. The van der Waals surface area contributed by atoms with Gasteiger partial charge in [-0.15, -0.1) is 0 Å². The van der Waals surface area contributed by atoms with Gasteiger partial charge in [0, 0.05) is 13.1 Å². The second-order valence-corrected chi connectivity index (χ2v) is 5.66. The van der Waals surface area contributed by atoms with Crippen molar-refractivity contribution in [1.29, 1.82) is 0 Å². The van der Waals surface area contributed by atoms with E-state index in [1.165, 1.54) is 12.8 Å². The maximum absolute atomic E-state index is 12.2. The van der Waals surface area contributed by atoms with Crippen molar-refractivity contribution in [3.8, 4) is 0 Å². The molecule has 1 amide bonds. The van der Waals surface area contributed by atoms with Crippen LogP contribution in [0.4, 0.5) is 0 Å². The van der Waals surface area contributed by atoms with E-state index in [1.807, 2.05) is 18.7 Å². The van der Waals surface area contributed by atoms with Crippen molar-refractivity contribution < 1.29 is 4.79 Å². The Bertz CT molecular complexity index is 296. The van der Waals surface area contributed by atoms with Crippen LogP contribution in [-0.4, -0.2) is 55.0 Å². The highest BCUT2D eigenvalue weighted by Crippen LogP contribution is 2.19. The Morgan fingerprint density at radius 2 is 2.05 bits per heavy atom. The Balaban J connectivity index is 2.34. The minimum absolute atomic E-state index is 0.225. The maximum atomic E-state index is 12.2. The number of hydrogen-bond acceptors (Lipinski definition) is 3. The first kappa shape index (κ1) is 16.2. The fourth-order valence-electron chi connectivity index (χ4n) is 2.66. The predicted molar refractivity (Wildman–Crippen MR) is 79.9 cm³/mol. The molecular weight excluding hydrogens is 238 g/mol. The maximum Gasteiger partial charge on any atom is 0.237 e. The highest BCUT2D eigenvalue weighted by Gasteiger charge is 2.22. The predicted octanol–water partition coefficient (Wildman–Crippen LogP) is 1.47. The molecule has 0 aromatic rings. The van der Waals surface area contributed by atoms with E-state index >= 15 is 0 Å². The second-order valence-electron chi connectivity index (χ2n) is 5.66. The van der Waals surface area contributed by atoms with Crippen LogP contribution in [0.3, 0.4) is 0 Å². The van der Waals surface area contributed by atoms with Crippen LogP contribution in [0.15, 0.2) is 12.2 Å². The van der Waals surface area contributed by atoms with Crippen molar-refractivity contribution in [2.24, 2.45) is 11.7 Å². The summed E-state index contributed by atoms with van der Waals surface area (Å²) in [6.45, 7) is 12.7. The number of likely N-dealkylation sites (N-methyl/N-ethyl adjacent to an activating group) is 1. The molecule has 0 bridgehead atoms. The molecule has 1 heterocycles. The van der Waals surface area contributed by atoms with Crippen molar-refractivity contribution in [2.75, 3.05) is 39.3 Å². The van der Waals surface area contributed by atoms with Gasteiger partial charge in [-0.2, -0.15) is 0 Å². The third-order valence-electron chi connectivity index (χ3n) is 3.84. The van der Waals surface area contributed by atoms with Crippen molar-refractivity contribution >= 4 is 5.91 Å². The molecule has 1 aliphatic rings. The largest absolute Gasteiger partial charge is 0.338 e. The zero-order valence-electron chi connectivity index (χ0n) is 12.5. The van der Waals surface area contributed by atoms with Gasteiger partial charge in [0.05, 0.1) is 6.54 Å². The summed E-state index contributed by atoms with van der Waals surface area (Å²) >= 11 is 0. The van der Waals surface area contributed by atoms with E-state index < -0.39 is 0 Å². The molecule has 0 saturated carbocycles. The monoisotopic (exact) mass is 267 g/mol. The Hall–Kier alpha value is -0.870. The van der Waals surface area contributed by atoms with Gasteiger partial charge in [-0.1, -0.05) is 12.2 Å². The molecule has 1 fully saturated rings. The van der Waals surface area contributed by atoms with Crippen LogP contribution in [0.2, 0.25) is 0 Å². The van der Waals surface area contributed by atoms with Crippen LogP contribution in [0.25, 0.3) is 0 Å². The lowest BCUT2D eigenvalue weighted by atomic mass is 9.94. The minimum atomic E-state index is 0.225. The SMILES string of the molecule is C=C(C)CN(CC)C(=O)CN1CCC(CCN)CC1. The number of carbonyl (C=O) groups is 1. The Labute approximate surface area is 117 Å². The number of carbonyl (C=O) groups excluding carboxylic acids is 1. The van der Waals surface area contributed by atoms with Gasteiger partial charge in [0.25, 0.3) is 0 Å². The van der Waals surface area contributed by atoms with Gasteiger partial charge < -0.3 is 10.6 Å². The molecule has 0 aromatic carbocycles. The first-order valence-corrected chi connectivity index (χ1v) is 7.41. The lowest BCUT2D eigenvalue weighted by Gasteiger charge is -2.33. The fraction of sp³-hybridized carbons (Fsp3) is 0.800. The molecule has 0 unspecified atom stereocenters. The van der Waals surface area contributed by atoms with Crippen molar-refractivity contribution in [3.63, 3.8) is 0 Å². The summed E-state index contributed by atoms with van der Waals surface area (Å²) in [5.74, 6) is 0.983. The normalized spacial score (nSPS) is 17.4. The molecule has 4 heteroatoms. The summed E-state index contributed by atoms with van der Waals surface area (Å²) in [5.41, 5.74) is 6.63. The molecule has 0 spiro atoms. The summed E-state index contributed by atoms with van der Waals surface area (Å²) in [4.78, 5) is 16.4. The molecule has 0 atom stereocenters. The molecule has 4 nitrogen and oxygen atoms in total. The minimum Gasteiger partial charge on any atom is -0.338 e. The second kappa shape index (κ2) is 8.33. The zero-order chi connectivity index (χ0) is 14.3. The molecule has 19 heavy (non-hydrogen) atoms. The van der Waals surface area contributed by atoms with E-state index in [0.29, 0.717) is 13.1 Å². The Morgan fingerprint density at radius 1 is 1.42 bits per heavy atom. The summed E-state index contributed by atoms with van der Waals surface area (Å²) < 4.78 is 0. The lowest BCUT2D eigenvalue weighted by molar-refractivity contribution is -0.132. The molecule has 1 saturated heterocycles. The van der Waals surface area contributed by atoms with Crippen LogP contribution >= 0.6 is 0 Å². The van der Waals surface area contributed by atoms with Gasteiger partial charge in [-0.05, 0) is 58.7 Å². The number of amides is 1. The molecule has 1 rings (SSSR count). The summed E-state index contributed by atoms with van der Waals surface area (Å²) in [6.07, 6.45) is 3.48. The van der Waals surface area contributed by atoms with Gasteiger partial charge in [0.2, 0.25) is 5.91 Å². The van der Waals surface area contributed by atoms with Crippen LogP contribution in [0, 0.1) is 5.92 Å². The number of nitrogens with zero attached hydrogens (tertiary/aromatic N) is 2. The van der Waals surface area contributed by atoms with E-state index in [0.717, 1.165) is 44.1 Å². The van der Waals surface area contributed by atoms with Gasteiger partial charge >= 0.3 is 0 Å². The van der Waals surface area contributed by atoms with E-state index in [1.54, 1.807) is 0 Å². The van der Waals surface area contributed by atoms with Crippen molar-refractivity contribution in [3.05, 3.63) is 12.2 Å². The average molecular weight is 267 g/mol. The number of rotatable bonds is 7. The summed E-state index contributed by atoms with van der Waals surface area (Å²) in [7, 11) is 0. The van der Waals surface area contributed by atoms with Crippen molar-refractivity contribution in [1.82, 2.24) is 9.80 Å². The van der Waals surface area contributed by atoms with Gasteiger partial charge in [-0.25, -0.2) is 0 Å². The third-order valence-corrected chi connectivity index (χ3v) is 3.84. The zero-order valence-corrected chi connectivity index (χ0v) is 12.5. The lowest BCUT2D eigenvalue weighted by Crippen LogP contribution is -2.44. The fourth-order valence-corrected chi connectivity index (χ4v) is 2.66. The smallest absolute Gasteiger partial charge is 0.237 e. The van der Waals surface area contributed by atoms with Gasteiger partial charge in [-0.3, -0.25) is 9.69 Å². The number of nitrogens with two attached hydrogens (primary N) is 1. The molecule has 0 aromatic heterocycles. The standard InChI is InChI=1S/C15H29N3O/c1-4-18(11-13(2)3)15(19)12-17-9-6-14(5-8-16)7-10-17/h14H,2,4-12,16H2,1,3H3. The number of hydrogen-bond donors (Lipinski definition) is 1. The van der Waals surface area contributed by atoms with Crippen LogP contribution in [0.5, 0.6) is 0 Å². The summed E-state index contributed by atoms with van der Waals surface area (Å²) in [6, 6.07) is 0. The number of piperidine rings is 1. The van der Waals surface area contributed by atoms with Crippen molar-refractivity contribution in [2.45, 2.75) is 33.1 Å². The van der Waals surface area contributed by atoms with Crippen LogP contribution in [-0.2, 0) is 4.79 Å². The molecular formula is C15H29N3O. The average Bonchev–Trinajstić information content (AvgIpc) is 2.38. The first-order chi connectivity index (χ1) is 9.06. The van der Waals surface area contributed by atoms with E-state index in [4.69, 9.17) is 5.73 Å². The third kappa shape index (κ3) is 5.74. The van der Waals surface area contributed by atoms with Gasteiger partial charge in [0.15, 0.2) is 0 Å². The topological polar surface area (TPSA) is 49.6 Å². The van der Waals surface area contributed by atoms with E-state index in [2.05, 4.69) is 11.5 Å². The molecule has 2 N–H and O–H groups in total.